The van der Waals surface area contributed by atoms with Gasteiger partial charge in [-0.3, -0.25) is 9.59 Å². The van der Waals surface area contributed by atoms with E-state index in [-0.39, 0.29) is 23.0 Å². The molecule has 27 heavy (non-hydrogen) atoms. The minimum atomic E-state index is -3.42. The van der Waals surface area contributed by atoms with E-state index < -0.39 is 21.5 Å². The molecule has 0 aliphatic heterocycles. The molecule has 1 saturated carbocycles. The number of sulfone groups is 1. The lowest BCUT2D eigenvalue weighted by atomic mass is 9.88. The fraction of sp³-hybridized carbons (Fsp3) is 0.286. The Morgan fingerprint density at radius 2 is 1.67 bits per heavy atom. The number of benzene rings is 2. The van der Waals surface area contributed by atoms with Gasteiger partial charge in [-0.2, -0.15) is 5.26 Å². The molecular weight excluding hydrogens is 362 g/mol. The standard InChI is InChI=1S/C21H19NO4S/c1-27(25,26)19-9-5-3-7-16(19)12-15-6-2-4-8-17(15)21(24)18(13-22)20(23)14-10-11-14/h2-9,14,18H,10-12H2,1H3. The maximum absolute atomic E-state index is 12.9. The van der Waals surface area contributed by atoms with Crippen LogP contribution in [0.5, 0.6) is 0 Å². The SMILES string of the molecule is CS(=O)(=O)c1ccccc1Cc1ccccc1C(=O)C(C#N)C(=O)C1CC1. The Bertz CT molecular complexity index is 1050. The Hall–Kier alpha value is -2.78. The molecule has 0 amide bonds. The van der Waals surface area contributed by atoms with Gasteiger partial charge in [-0.15, -0.1) is 0 Å². The summed E-state index contributed by atoms with van der Waals surface area (Å²) in [4.78, 5) is 25.4. The first-order valence-electron chi connectivity index (χ1n) is 8.66. The lowest BCUT2D eigenvalue weighted by molar-refractivity contribution is -0.121. The molecule has 1 fully saturated rings. The Labute approximate surface area is 158 Å². The number of ketones is 2. The van der Waals surface area contributed by atoms with Crippen LogP contribution >= 0.6 is 0 Å². The largest absolute Gasteiger partial charge is 0.297 e. The van der Waals surface area contributed by atoms with E-state index in [0.717, 1.165) is 19.1 Å². The third-order valence-corrected chi connectivity index (χ3v) is 5.89. The number of nitrogens with zero attached hydrogens (tertiary/aromatic N) is 1. The van der Waals surface area contributed by atoms with Crippen LogP contribution in [0.4, 0.5) is 0 Å². The maximum atomic E-state index is 12.9. The van der Waals surface area contributed by atoms with Crippen molar-refractivity contribution in [1.29, 1.82) is 5.26 Å². The smallest absolute Gasteiger partial charge is 0.187 e. The van der Waals surface area contributed by atoms with Crippen molar-refractivity contribution in [3.8, 4) is 6.07 Å². The quantitative estimate of drug-likeness (QED) is 0.543. The highest BCUT2D eigenvalue weighted by molar-refractivity contribution is 7.90. The van der Waals surface area contributed by atoms with Crippen molar-refractivity contribution in [2.24, 2.45) is 11.8 Å². The van der Waals surface area contributed by atoms with Crippen molar-refractivity contribution in [2.45, 2.75) is 24.2 Å². The summed E-state index contributed by atoms with van der Waals surface area (Å²) in [5.41, 5.74) is 1.46. The van der Waals surface area contributed by atoms with Crippen LogP contribution in [0.1, 0.15) is 34.3 Å². The van der Waals surface area contributed by atoms with Crippen molar-refractivity contribution in [2.75, 3.05) is 6.26 Å². The van der Waals surface area contributed by atoms with Gasteiger partial charge < -0.3 is 0 Å². The fourth-order valence-corrected chi connectivity index (χ4v) is 4.08. The van der Waals surface area contributed by atoms with Gasteiger partial charge in [0.25, 0.3) is 0 Å². The lowest BCUT2D eigenvalue weighted by Gasteiger charge is -2.13. The van der Waals surface area contributed by atoms with Gasteiger partial charge in [-0.1, -0.05) is 42.5 Å². The molecule has 0 spiro atoms. The van der Waals surface area contributed by atoms with Crippen LogP contribution < -0.4 is 0 Å². The number of carbonyl (C=O) groups is 2. The van der Waals surface area contributed by atoms with Crippen molar-refractivity contribution < 1.29 is 18.0 Å². The Morgan fingerprint density at radius 1 is 1.07 bits per heavy atom. The second-order valence-corrected chi connectivity index (χ2v) is 8.80. The maximum Gasteiger partial charge on any atom is 0.187 e. The number of hydrogen-bond donors (Lipinski definition) is 0. The molecule has 1 atom stereocenters. The van der Waals surface area contributed by atoms with Crippen LogP contribution in [-0.4, -0.2) is 26.2 Å². The summed E-state index contributed by atoms with van der Waals surface area (Å²) < 4.78 is 24.1. The van der Waals surface area contributed by atoms with Gasteiger partial charge in [0.15, 0.2) is 27.3 Å². The van der Waals surface area contributed by atoms with E-state index in [0.29, 0.717) is 16.7 Å². The zero-order valence-electron chi connectivity index (χ0n) is 14.9. The summed E-state index contributed by atoms with van der Waals surface area (Å²) in [6, 6.07) is 15.2. The van der Waals surface area contributed by atoms with Crippen molar-refractivity contribution in [3.63, 3.8) is 0 Å². The number of hydrogen-bond acceptors (Lipinski definition) is 5. The monoisotopic (exact) mass is 381 g/mol. The van der Waals surface area contributed by atoms with E-state index >= 15 is 0 Å². The number of carbonyl (C=O) groups excluding carboxylic acids is 2. The van der Waals surface area contributed by atoms with Gasteiger partial charge in [0.1, 0.15) is 0 Å². The lowest BCUT2D eigenvalue weighted by Crippen LogP contribution is -2.25. The van der Waals surface area contributed by atoms with E-state index in [1.807, 2.05) is 6.07 Å². The van der Waals surface area contributed by atoms with Gasteiger partial charge >= 0.3 is 0 Å². The predicted molar refractivity (Wildman–Crippen MR) is 100.0 cm³/mol. The molecule has 1 aliphatic carbocycles. The van der Waals surface area contributed by atoms with Crippen molar-refractivity contribution in [1.82, 2.24) is 0 Å². The molecule has 1 aliphatic rings. The molecule has 0 saturated heterocycles. The van der Waals surface area contributed by atoms with E-state index in [1.54, 1.807) is 42.5 Å². The minimum Gasteiger partial charge on any atom is -0.297 e. The Kier molecular flexibility index (Phi) is 5.24. The number of rotatable bonds is 7. The molecule has 0 heterocycles. The second-order valence-electron chi connectivity index (χ2n) is 6.82. The van der Waals surface area contributed by atoms with Crippen LogP contribution in [-0.2, 0) is 21.1 Å². The molecule has 2 aromatic rings. The van der Waals surface area contributed by atoms with Crippen molar-refractivity contribution in [3.05, 3.63) is 65.2 Å². The molecular formula is C21H19NO4S. The van der Waals surface area contributed by atoms with Gasteiger partial charge in [0.2, 0.25) is 0 Å². The summed E-state index contributed by atoms with van der Waals surface area (Å²) in [5.74, 6) is -2.31. The number of nitriles is 1. The topological polar surface area (TPSA) is 92.1 Å². The van der Waals surface area contributed by atoms with E-state index in [4.69, 9.17) is 0 Å². The average Bonchev–Trinajstić information content (AvgIpc) is 3.47. The first kappa shape index (κ1) is 19.0. The highest BCUT2D eigenvalue weighted by Gasteiger charge is 2.39. The van der Waals surface area contributed by atoms with Crippen LogP contribution in [0.15, 0.2) is 53.4 Å². The molecule has 138 valence electrons. The molecule has 0 bridgehead atoms. The molecule has 0 N–H and O–H groups in total. The first-order valence-corrected chi connectivity index (χ1v) is 10.6. The van der Waals surface area contributed by atoms with Crippen LogP contribution in [0.25, 0.3) is 0 Å². The summed E-state index contributed by atoms with van der Waals surface area (Å²) in [6.07, 6.45) is 2.82. The second kappa shape index (κ2) is 7.45. The summed E-state index contributed by atoms with van der Waals surface area (Å²) in [7, 11) is -3.42. The van der Waals surface area contributed by atoms with Gasteiger partial charge in [-0.05, 0) is 36.5 Å². The predicted octanol–water partition coefficient (Wildman–Crippen LogP) is 2.98. The molecule has 0 radical (unpaired) electrons. The van der Waals surface area contributed by atoms with E-state index in [9.17, 15) is 23.3 Å². The highest BCUT2D eigenvalue weighted by Crippen LogP contribution is 2.33. The molecule has 1 unspecified atom stereocenters. The van der Waals surface area contributed by atoms with E-state index in [1.165, 1.54) is 6.07 Å². The Balaban J connectivity index is 1.97. The minimum absolute atomic E-state index is 0.184. The van der Waals surface area contributed by atoms with Gasteiger partial charge in [0, 0.05) is 17.7 Å². The van der Waals surface area contributed by atoms with Gasteiger partial charge in [-0.25, -0.2) is 8.42 Å². The van der Waals surface area contributed by atoms with Crippen LogP contribution in [0, 0.1) is 23.2 Å². The molecule has 2 aromatic carbocycles. The molecule has 6 heteroatoms. The van der Waals surface area contributed by atoms with Crippen molar-refractivity contribution >= 4 is 21.4 Å². The summed E-state index contributed by atoms with van der Waals surface area (Å²) in [5, 5.41) is 9.37. The van der Waals surface area contributed by atoms with Gasteiger partial charge in [0.05, 0.1) is 11.0 Å². The highest BCUT2D eigenvalue weighted by atomic mass is 32.2. The normalized spacial score (nSPS) is 15.0. The molecule has 3 rings (SSSR count). The van der Waals surface area contributed by atoms with E-state index in [2.05, 4.69) is 0 Å². The summed E-state index contributed by atoms with van der Waals surface area (Å²) >= 11 is 0. The third-order valence-electron chi connectivity index (χ3n) is 4.69. The Morgan fingerprint density at radius 3 is 2.26 bits per heavy atom. The third kappa shape index (κ3) is 4.15. The fourth-order valence-electron chi connectivity index (χ4n) is 3.14. The average molecular weight is 381 g/mol. The number of Topliss-reactive ketones (excluding diaryl/α,β-unsaturated/α-hetero) is 2. The molecule has 0 aromatic heterocycles. The first-order chi connectivity index (χ1) is 12.8. The van der Waals surface area contributed by atoms with Crippen LogP contribution in [0.2, 0.25) is 0 Å². The zero-order valence-corrected chi connectivity index (χ0v) is 15.7. The zero-order chi connectivity index (χ0) is 19.6. The van der Waals surface area contributed by atoms with Crippen LogP contribution in [0.3, 0.4) is 0 Å². The summed E-state index contributed by atoms with van der Waals surface area (Å²) in [6.45, 7) is 0. The molecule has 5 nitrogen and oxygen atoms in total.